The Morgan fingerprint density at radius 3 is 2.50 bits per heavy atom. The Morgan fingerprint density at radius 1 is 1.43 bits per heavy atom. The van der Waals surface area contributed by atoms with Crippen LogP contribution in [0.5, 0.6) is 0 Å². The molecule has 0 aliphatic heterocycles. The van der Waals surface area contributed by atoms with E-state index in [0.29, 0.717) is 6.54 Å². The summed E-state index contributed by atoms with van der Waals surface area (Å²) >= 11 is 3.31. The molecular formula is C9H15FN2S2. The van der Waals surface area contributed by atoms with Crippen molar-refractivity contribution in [3.63, 3.8) is 0 Å². The van der Waals surface area contributed by atoms with E-state index < -0.39 is 0 Å². The first kappa shape index (κ1) is 13.8. The Kier molecular flexibility index (Phi) is 7.98. The molecule has 1 aromatic carbocycles. The highest BCUT2D eigenvalue weighted by atomic mass is 32.2. The van der Waals surface area contributed by atoms with Crippen molar-refractivity contribution in [2.45, 2.75) is 18.2 Å². The van der Waals surface area contributed by atoms with Gasteiger partial charge in [-0.2, -0.15) is 3.89 Å². The van der Waals surface area contributed by atoms with Crippen molar-refractivity contribution in [2.24, 2.45) is 10.9 Å². The Hall–Kier alpha value is -0.230. The Morgan fingerprint density at radius 2 is 2.07 bits per heavy atom. The fraction of sp³-hybridized carbons (Fsp3) is 0.333. The molecular weight excluding hydrogens is 219 g/mol. The number of halogens is 1. The van der Waals surface area contributed by atoms with E-state index in [1.807, 2.05) is 19.1 Å². The standard InChI is InChI=1S/C9H14N2S.FHS/c1-7-6-9(12-11)3-2-8(7)4-5-10;1-2/h2-3,6H,4-5,10-11H2,1H3;2H. The number of hydrogen-bond acceptors (Lipinski definition) is 4. The minimum atomic E-state index is 0.704. The van der Waals surface area contributed by atoms with Crippen molar-refractivity contribution >= 4 is 25.0 Å². The number of benzene rings is 1. The number of nitrogens with two attached hydrogens (primary N) is 2. The molecule has 4 N–H and O–H groups in total. The second-order valence-corrected chi connectivity index (χ2v) is 3.45. The van der Waals surface area contributed by atoms with E-state index >= 15 is 0 Å². The summed E-state index contributed by atoms with van der Waals surface area (Å²) in [4.78, 5) is 1.10. The van der Waals surface area contributed by atoms with E-state index in [0.717, 1.165) is 11.3 Å². The average Bonchev–Trinajstić information content (AvgIpc) is 2.24. The quantitative estimate of drug-likeness (QED) is 0.555. The Bertz CT molecular complexity index is 269. The molecule has 2 nitrogen and oxygen atoms in total. The van der Waals surface area contributed by atoms with Crippen LogP contribution < -0.4 is 10.9 Å². The molecule has 1 rings (SSSR count). The molecule has 0 saturated carbocycles. The van der Waals surface area contributed by atoms with E-state index in [1.54, 1.807) is 0 Å². The summed E-state index contributed by atoms with van der Waals surface area (Å²) in [5.74, 6) is 0. The Labute approximate surface area is 94.1 Å². The van der Waals surface area contributed by atoms with Crippen LogP contribution in [0.2, 0.25) is 0 Å². The van der Waals surface area contributed by atoms with Crippen LogP contribution >= 0.6 is 25.0 Å². The summed E-state index contributed by atoms with van der Waals surface area (Å²) in [5.41, 5.74) is 8.06. The molecule has 0 spiro atoms. The van der Waals surface area contributed by atoms with Crippen LogP contribution in [0.3, 0.4) is 0 Å². The third-order valence-corrected chi connectivity index (χ3v) is 2.39. The first-order valence-electron chi connectivity index (χ1n) is 4.11. The summed E-state index contributed by atoms with van der Waals surface area (Å²) in [6, 6.07) is 6.22. The molecule has 0 unspecified atom stereocenters. The summed E-state index contributed by atoms with van der Waals surface area (Å²) in [6.07, 6.45) is 0.946. The average molecular weight is 234 g/mol. The summed E-state index contributed by atoms with van der Waals surface area (Å²) < 4.78 is 9.19. The normalized spacial score (nSPS) is 9.21. The lowest BCUT2D eigenvalue weighted by Crippen LogP contribution is -2.04. The second kappa shape index (κ2) is 8.11. The molecule has 0 radical (unpaired) electrons. The first-order valence-corrected chi connectivity index (χ1v) is 5.33. The van der Waals surface area contributed by atoms with Gasteiger partial charge in [0.2, 0.25) is 0 Å². The maximum absolute atomic E-state index is 9.19. The molecule has 0 saturated heterocycles. The SMILES string of the molecule is Cc1cc(SN)ccc1CCN.FS. The van der Waals surface area contributed by atoms with E-state index in [2.05, 4.69) is 19.1 Å². The maximum atomic E-state index is 9.19. The van der Waals surface area contributed by atoms with Crippen molar-refractivity contribution in [1.82, 2.24) is 0 Å². The van der Waals surface area contributed by atoms with E-state index in [1.165, 1.54) is 23.1 Å². The smallest absolute Gasteiger partial charge is 0.0278 e. The molecule has 1 aromatic rings. The van der Waals surface area contributed by atoms with Gasteiger partial charge in [-0.3, -0.25) is 5.14 Å². The predicted molar refractivity (Wildman–Crippen MR) is 64.1 cm³/mol. The Balaban J connectivity index is 0.000000791. The van der Waals surface area contributed by atoms with Crippen LogP contribution in [0.1, 0.15) is 11.1 Å². The van der Waals surface area contributed by atoms with Crippen molar-refractivity contribution in [3.8, 4) is 0 Å². The largest absolute Gasteiger partial charge is 0.330 e. The molecule has 0 atom stereocenters. The molecule has 0 bridgehead atoms. The molecule has 0 aliphatic rings. The van der Waals surface area contributed by atoms with E-state index in [9.17, 15) is 3.89 Å². The molecule has 5 heteroatoms. The molecule has 14 heavy (non-hydrogen) atoms. The lowest BCUT2D eigenvalue weighted by atomic mass is 10.1. The summed E-state index contributed by atoms with van der Waals surface area (Å²) in [5, 5.41) is 5.43. The van der Waals surface area contributed by atoms with Crippen LogP contribution in [0, 0.1) is 6.92 Å². The molecule has 80 valence electrons. The number of aryl methyl sites for hydroxylation is 1. The van der Waals surface area contributed by atoms with E-state index in [-0.39, 0.29) is 0 Å². The number of rotatable bonds is 3. The van der Waals surface area contributed by atoms with Gasteiger partial charge in [0.15, 0.2) is 0 Å². The predicted octanol–water partition coefficient (Wildman–Crippen LogP) is 2.26. The lowest BCUT2D eigenvalue weighted by molar-refractivity contribution is 0.955. The van der Waals surface area contributed by atoms with Gasteiger partial charge in [0, 0.05) is 17.9 Å². The highest BCUT2D eigenvalue weighted by Gasteiger charge is 1.98. The summed E-state index contributed by atoms with van der Waals surface area (Å²) in [7, 11) is 0. The minimum Gasteiger partial charge on any atom is -0.330 e. The summed E-state index contributed by atoms with van der Waals surface area (Å²) in [6.45, 7) is 2.79. The van der Waals surface area contributed by atoms with Gasteiger partial charge in [0.1, 0.15) is 0 Å². The molecule has 0 fully saturated rings. The van der Waals surface area contributed by atoms with Gasteiger partial charge in [-0.1, -0.05) is 6.07 Å². The van der Waals surface area contributed by atoms with Gasteiger partial charge >= 0.3 is 0 Å². The minimum absolute atomic E-state index is 0.704. The fourth-order valence-corrected chi connectivity index (χ4v) is 1.57. The van der Waals surface area contributed by atoms with Crippen molar-refractivity contribution in [3.05, 3.63) is 29.3 Å². The van der Waals surface area contributed by atoms with Crippen molar-refractivity contribution in [2.75, 3.05) is 6.54 Å². The van der Waals surface area contributed by atoms with Crippen molar-refractivity contribution in [1.29, 1.82) is 0 Å². The lowest BCUT2D eigenvalue weighted by Gasteiger charge is -2.05. The number of thiol groups is 1. The highest BCUT2D eigenvalue weighted by Crippen LogP contribution is 2.17. The van der Waals surface area contributed by atoms with Crippen LogP contribution in [0.4, 0.5) is 3.89 Å². The van der Waals surface area contributed by atoms with E-state index in [4.69, 9.17) is 10.9 Å². The fourth-order valence-electron chi connectivity index (χ4n) is 1.18. The third kappa shape index (κ3) is 4.32. The van der Waals surface area contributed by atoms with Gasteiger partial charge in [0.25, 0.3) is 0 Å². The van der Waals surface area contributed by atoms with Gasteiger partial charge in [-0.05, 0) is 55.1 Å². The molecule has 0 aliphatic carbocycles. The molecule has 0 amide bonds. The number of hydrogen-bond donors (Lipinski definition) is 3. The monoisotopic (exact) mass is 234 g/mol. The zero-order valence-electron chi connectivity index (χ0n) is 8.03. The first-order chi connectivity index (χ1) is 6.77. The second-order valence-electron chi connectivity index (χ2n) is 2.74. The highest BCUT2D eigenvalue weighted by molar-refractivity contribution is 7.97. The zero-order chi connectivity index (χ0) is 11.0. The van der Waals surface area contributed by atoms with Crippen LogP contribution in [0.25, 0.3) is 0 Å². The zero-order valence-corrected chi connectivity index (χ0v) is 9.75. The molecule has 0 heterocycles. The third-order valence-electron chi connectivity index (χ3n) is 1.86. The van der Waals surface area contributed by atoms with Gasteiger partial charge in [0.05, 0.1) is 0 Å². The topological polar surface area (TPSA) is 52.0 Å². The van der Waals surface area contributed by atoms with Crippen LogP contribution in [-0.2, 0) is 6.42 Å². The van der Waals surface area contributed by atoms with Gasteiger partial charge in [-0.25, -0.2) is 0 Å². The van der Waals surface area contributed by atoms with Crippen molar-refractivity contribution < 1.29 is 3.89 Å². The maximum Gasteiger partial charge on any atom is 0.0278 e. The van der Waals surface area contributed by atoms with Gasteiger partial charge in [-0.15, -0.1) is 0 Å². The van der Waals surface area contributed by atoms with Crippen LogP contribution in [0.15, 0.2) is 23.1 Å². The molecule has 0 aromatic heterocycles. The van der Waals surface area contributed by atoms with Gasteiger partial charge < -0.3 is 5.73 Å². The van der Waals surface area contributed by atoms with Crippen LogP contribution in [-0.4, -0.2) is 6.54 Å².